The van der Waals surface area contributed by atoms with Crippen LogP contribution in [0.1, 0.15) is 13.3 Å². The Bertz CT molecular complexity index is 151. The molecule has 0 aromatic rings. The van der Waals surface area contributed by atoms with E-state index < -0.39 is 0 Å². The normalized spacial score (nSPS) is 12.6. The summed E-state index contributed by atoms with van der Waals surface area (Å²) >= 11 is 1.80. The molecule has 0 fully saturated rings. The van der Waals surface area contributed by atoms with Crippen LogP contribution < -0.4 is 5.73 Å². The lowest BCUT2D eigenvalue weighted by molar-refractivity contribution is -0.128. The minimum atomic E-state index is 0.202. The van der Waals surface area contributed by atoms with Crippen molar-refractivity contribution in [1.29, 1.82) is 0 Å². The first-order valence-corrected chi connectivity index (χ1v) is 5.71. The maximum Gasteiger partial charge on any atom is 0.222 e. The first kappa shape index (κ1) is 12.8. The lowest BCUT2D eigenvalue weighted by atomic mass is 10.2. The topological polar surface area (TPSA) is 46.3 Å². The number of hydrogen-bond donors (Lipinski definition) is 1. The van der Waals surface area contributed by atoms with Gasteiger partial charge in [-0.05, 0) is 18.2 Å². The van der Waals surface area contributed by atoms with Gasteiger partial charge >= 0.3 is 0 Å². The average molecular weight is 204 g/mol. The van der Waals surface area contributed by atoms with E-state index in [2.05, 4.69) is 6.92 Å². The molecule has 0 aliphatic heterocycles. The number of thioether (sulfide) groups is 1. The number of rotatable bonds is 6. The minimum Gasteiger partial charge on any atom is -0.349 e. The van der Waals surface area contributed by atoms with Gasteiger partial charge in [-0.15, -0.1) is 0 Å². The highest BCUT2D eigenvalue weighted by Gasteiger charge is 2.04. The molecule has 0 spiro atoms. The van der Waals surface area contributed by atoms with E-state index in [1.54, 1.807) is 30.8 Å². The molecule has 1 amide bonds. The Morgan fingerprint density at radius 1 is 1.54 bits per heavy atom. The molecule has 1 unspecified atom stereocenters. The summed E-state index contributed by atoms with van der Waals surface area (Å²) in [4.78, 5) is 12.8. The fourth-order valence-electron chi connectivity index (χ4n) is 0.736. The molecule has 3 nitrogen and oxygen atoms in total. The second-order valence-electron chi connectivity index (χ2n) is 3.45. The van der Waals surface area contributed by atoms with Gasteiger partial charge in [0.2, 0.25) is 5.91 Å². The Balaban J connectivity index is 3.31. The van der Waals surface area contributed by atoms with Crippen molar-refractivity contribution in [2.45, 2.75) is 13.3 Å². The standard InChI is InChI=1S/C9H20N2OS/c1-8(6-10)7-13-5-4-9(12)11(2)3/h8H,4-7,10H2,1-3H3. The molecule has 4 heteroatoms. The molecule has 1 atom stereocenters. The maximum atomic E-state index is 11.1. The van der Waals surface area contributed by atoms with Crippen LogP contribution in [0.3, 0.4) is 0 Å². The van der Waals surface area contributed by atoms with Crippen molar-refractivity contribution in [1.82, 2.24) is 4.90 Å². The summed E-state index contributed by atoms with van der Waals surface area (Å²) in [5.41, 5.74) is 5.47. The van der Waals surface area contributed by atoms with Crippen molar-refractivity contribution in [2.75, 3.05) is 32.1 Å². The molecular weight excluding hydrogens is 184 g/mol. The van der Waals surface area contributed by atoms with E-state index in [9.17, 15) is 4.79 Å². The van der Waals surface area contributed by atoms with Crippen LogP contribution >= 0.6 is 11.8 Å². The highest BCUT2D eigenvalue weighted by Crippen LogP contribution is 2.08. The summed E-state index contributed by atoms with van der Waals surface area (Å²) in [7, 11) is 3.57. The molecule has 0 saturated carbocycles. The quantitative estimate of drug-likeness (QED) is 0.651. The van der Waals surface area contributed by atoms with E-state index in [4.69, 9.17) is 5.73 Å². The van der Waals surface area contributed by atoms with Gasteiger partial charge in [0, 0.05) is 26.3 Å². The van der Waals surface area contributed by atoms with E-state index in [0.717, 1.165) is 18.1 Å². The zero-order valence-electron chi connectivity index (χ0n) is 8.75. The van der Waals surface area contributed by atoms with Gasteiger partial charge in [0.05, 0.1) is 0 Å². The van der Waals surface area contributed by atoms with Gasteiger partial charge in [-0.2, -0.15) is 11.8 Å². The van der Waals surface area contributed by atoms with E-state index in [-0.39, 0.29) is 5.91 Å². The largest absolute Gasteiger partial charge is 0.349 e. The van der Waals surface area contributed by atoms with Gasteiger partial charge < -0.3 is 10.6 Å². The molecule has 0 heterocycles. The third-order valence-electron chi connectivity index (χ3n) is 1.76. The molecule has 0 bridgehead atoms. The highest BCUT2D eigenvalue weighted by molar-refractivity contribution is 7.99. The predicted octanol–water partition coefficient (Wildman–Crippen LogP) is 0.793. The summed E-state index contributed by atoms with van der Waals surface area (Å²) < 4.78 is 0. The van der Waals surface area contributed by atoms with Crippen LogP contribution in [0, 0.1) is 5.92 Å². The number of nitrogens with two attached hydrogens (primary N) is 1. The van der Waals surface area contributed by atoms with Crippen LogP contribution in [-0.2, 0) is 4.79 Å². The molecule has 0 aliphatic carbocycles. The van der Waals surface area contributed by atoms with Gasteiger partial charge in [0.25, 0.3) is 0 Å². The maximum absolute atomic E-state index is 11.1. The molecular formula is C9H20N2OS. The van der Waals surface area contributed by atoms with Crippen LogP contribution in [0.4, 0.5) is 0 Å². The second-order valence-corrected chi connectivity index (χ2v) is 4.60. The van der Waals surface area contributed by atoms with Crippen LogP contribution in [0.2, 0.25) is 0 Å². The summed E-state index contributed by atoms with van der Waals surface area (Å²) in [6.07, 6.45) is 0.634. The number of hydrogen-bond acceptors (Lipinski definition) is 3. The van der Waals surface area contributed by atoms with Gasteiger partial charge in [0.1, 0.15) is 0 Å². The Kier molecular flexibility index (Phi) is 7.09. The zero-order valence-corrected chi connectivity index (χ0v) is 9.56. The van der Waals surface area contributed by atoms with Gasteiger partial charge in [0.15, 0.2) is 0 Å². The summed E-state index contributed by atoms with van der Waals surface area (Å²) in [5.74, 6) is 2.71. The molecule has 13 heavy (non-hydrogen) atoms. The first-order chi connectivity index (χ1) is 6.07. The monoisotopic (exact) mass is 204 g/mol. The van der Waals surface area contributed by atoms with Crippen molar-refractivity contribution in [2.24, 2.45) is 11.7 Å². The fourth-order valence-corrected chi connectivity index (χ4v) is 1.76. The van der Waals surface area contributed by atoms with E-state index in [1.807, 2.05) is 0 Å². The number of amides is 1. The number of carbonyl (C=O) groups is 1. The van der Waals surface area contributed by atoms with Crippen LogP contribution in [-0.4, -0.2) is 43.0 Å². The van der Waals surface area contributed by atoms with E-state index >= 15 is 0 Å². The Morgan fingerprint density at radius 3 is 2.62 bits per heavy atom. The number of carbonyl (C=O) groups excluding carboxylic acids is 1. The van der Waals surface area contributed by atoms with Crippen LogP contribution in [0.5, 0.6) is 0 Å². The lowest BCUT2D eigenvalue weighted by Gasteiger charge is -2.10. The van der Waals surface area contributed by atoms with E-state index in [1.165, 1.54) is 0 Å². The third kappa shape index (κ3) is 6.90. The predicted molar refractivity (Wildman–Crippen MR) is 58.9 cm³/mol. The first-order valence-electron chi connectivity index (χ1n) is 4.56. The van der Waals surface area contributed by atoms with Gasteiger partial charge in [-0.25, -0.2) is 0 Å². The van der Waals surface area contributed by atoms with Crippen molar-refractivity contribution in [3.63, 3.8) is 0 Å². The Hall–Kier alpha value is -0.220. The number of nitrogens with zero attached hydrogens (tertiary/aromatic N) is 1. The second kappa shape index (κ2) is 7.21. The molecule has 0 saturated heterocycles. The lowest BCUT2D eigenvalue weighted by Crippen LogP contribution is -2.22. The summed E-state index contributed by atoms with van der Waals surface area (Å²) in [5, 5.41) is 0. The van der Waals surface area contributed by atoms with Gasteiger partial charge in [-0.1, -0.05) is 6.92 Å². The molecule has 0 aromatic heterocycles. The molecule has 0 rings (SSSR count). The smallest absolute Gasteiger partial charge is 0.222 e. The summed E-state index contributed by atoms with van der Waals surface area (Å²) in [6, 6.07) is 0. The third-order valence-corrected chi connectivity index (χ3v) is 3.06. The van der Waals surface area contributed by atoms with Crippen molar-refractivity contribution in [3.05, 3.63) is 0 Å². The van der Waals surface area contributed by atoms with Crippen LogP contribution in [0.25, 0.3) is 0 Å². The van der Waals surface area contributed by atoms with Crippen molar-refractivity contribution < 1.29 is 4.79 Å². The van der Waals surface area contributed by atoms with Crippen molar-refractivity contribution >= 4 is 17.7 Å². The molecule has 0 aliphatic rings. The van der Waals surface area contributed by atoms with Crippen LogP contribution in [0.15, 0.2) is 0 Å². The highest BCUT2D eigenvalue weighted by atomic mass is 32.2. The Morgan fingerprint density at radius 2 is 2.15 bits per heavy atom. The Labute approximate surface area is 85.0 Å². The molecule has 2 N–H and O–H groups in total. The fraction of sp³-hybridized carbons (Fsp3) is 0.889. The van der Waals surface area contributed by atoms with Crippen molar-refractivity contribution in [3.8, 4) is 0 Å². The van der Waals surface area contributed by atoms with Gasteiger partial charge in [-0.3, -0.25) is 4.79 Å². The summed E-state index contributed by atoms with van der Waals surface area (Å²) in [6.45, 7) is 2.86. The molecule has 0 radical (unpaired) electrons. The minimum absolute atomic E-state index is 0.202. The SMILES string of the molecule is CC(CN)CSCCC(=O)N(C)C. The zero-order chi connectivity index (χ0) is 10.3. The average Bonchev–Trinajstić information content (AvgIpc) is 2.11. The van der Waals surface area contributed by atoms with E-state index in [0.29, 0.717) is 12.3 Å². The molecule has 0 aromatic carbocycles. The molecule has 78 valence electrons.